The van der Waals surface area contributed by atoms with Crippen molar-refractivity contribution in [3.8, 4) is 11.5 Å². The van der Waals surface area contributed by atoms with E-state index < -0.39 is 0 Å². The van der Waals surface area contributed by atoms with E-state index in [0.29, 0.717) is 19.4 Å². The quantitative estimate of drug-likeness (QED) is 0.783. The van der Waals surface area contributed by atoms with Crippen LogP contribution in [0.15, 0.2) is 42.5 Å². The molecule has 4 rings (SSSR count). The molecule has 1 fully saturated rings. The lowest BCUT2D eigenvalue weighted by Crippen LogP contribution is -2.28. The molecule has 0 atom stereocenters. The Labute approximate surface area is 160 Å². The number of ether oxygens (including phenoxy) is 2. The van der Waals surface area contributed by atoms with Crippen LogP contribution in [0.25, 0.3) is 0 Å². The van der Waals surface area contributed by atoms with Gasteiger partial charge in [-0.15, -0.1) is 0 Å². The molecule has 0 unspecified atom stereocenters. The fraction of sp³-hybridized carbons (Fsp3) is 0.409. The van der Waals surface area contributed by atoms with Crippen molar-refractivity contribution >= 4 is 11.6 Å². The van der Waals surface area contributed by atoms with Crippen molar-refractivity contribution in [2.75, 3.05) is 31.8 Å². The van der Waals surface area contributed by atoms with E-state index in [0.717, 1.165) is 30.2 Å². The van der Waals surface area contributed by atoms with Crippen LogP contribution in [0.5, 0.6) is 11.5 Å². The predicted molar refractivity (Wildman–Crippen MR) is 105 cm³/mol. The van der Waals surface area contributed by atoms with Gasteiger partial charge in [-0.05, 0) is 48.6 Å². The maximum absolute atomic E-state index is 12.6. The number of anilines is 1. The van der Waals surface area contributed by atoms with Crippen LogP contribution in [0, 0.1) is 0 Å². The molecule has 0 aliphatic carbocycles. The molecular weight excluding hydrogens is 340 g/mol. The van der Waals surface area contributed by atoms with Gasteiger partial charge in [0.1, 0.15) is 0 Å². The van der Waals surface area contributed by atoms with Crippen LogP contribution in [0.3, 0.4) is 0 Å². The van der Waals surface area contributed by atoms with Gasteiger partial charge in [-0.3, -0.25) is 4.79 Å². The third-order valence-electron chi connectivity index (χ3n) is 5.34. The first kappa shape index (κ1) is 17.7. The molecule has 1 amide bonds. The lowest BCUT2D eigenvalue weighted by molar-refractivity contribution is -0.130. The van der Waals surface area contributed by atoms with Gasteiger partial charge >= 0.3 is 0 Å². The highest BCUT2D eigenvalue weighted by Crippen LogP contribution is 2.33. The van der Waals surface area contributed by atoms with Gasteiger partial charge in [0.15, 0.2) is 11.5 Å². The summed E-state index contributed by atoms with van der Waals surface area (Å²) in [5, 5.41) is 0. The Morgan fingerprint density at radius 3 is 2.70 bits per heavy atom. The van der Waals surface area contributed by atoms with Crippen LogP contribution < -0.4 is 14.4 Å². The lowest BCUT2D eigenvalue weighted by atomic mass is 10.1. The first-order valence-electron chi connectivity index (χ1n) is 9.66. The smallest absolute Gasteiger partial charge is 0.231 e. The number of carbonyl (C=O) groups excluding carboxylic acids is 1. The summed E-state index contributed by atoms with van der Waals surface area (Å²) in [7, 11) is 1.89. The third-order valence-corrected chi connectivity index (χ3v) is 5.34. The minimum Gasteiger partial charge on any atom is -0.454 e. The normalized spacial score (nSPS) is 15.2. The van der Waals surface area contributed by atoms with Crippen LogP contribution in [-0.4, -0.2) is 37.7 Å². The van der Waals surface area contributed by atoms with Gasteiger partial charge < -0.3 is 19.3 Å². The molecule has 0 bridgehead atoms. The van der Waals surface area contributed by atoms with Gasteiger partial charge in [0.05, 0.1) is 0 Å². The summed E-state index contributed by atoms with van der Waals surface area (Å²) in [6.45, 7) is 3.14. The lowest BCUT2D eigenvalue weighted by Gasteiger charge is -2.24. The van der Waals surface area contributed by atoms with Crippen LogP contribution in [0.1, 0.15) is 30.4 Å². The first-order valence-corrected chi connectivity index (χ1v) is 9.66. The van der Waals surface area contributed by atoms with E-state index >= 15 is 0 Å². The van der Waals surface area contributed by atoms with Crippen LogP contribution in [0.4, 0.5) is 5.69 Å². The molecule has 0 radical (unpaired) electrons. The number of hydrogen-bond acceptors (Lipinski definition) is 4. The molecule has 2 aliphatic rings. The summed E-state index contributed by atoms with van der Waals surface area (Å²) < 4.78 is 10.7. The summed E-state index contributed by atoms with van der Waals surface area (Å²) in [4.78, 5) is 16.9. The summed E-state index contributed by atoms with van der Waals surface area (Å²) in [5.74, 6) is 1.71. The highest BCUT2D eigenvalue weighted by atomic mass is 16.7. The Balaban J connectivity index is 1.36. The standard InChI is InChI=1S/C22H26N2O3/c1-23(15-18-6-2-3-7-19(18)24-12-4-5-13-24)22(25)11-9-17-8-10-20-21(14-17)27-16-26-20/h2-3,6-8,10,14H,4-5,9,11-13,15-16H2,1H3. The maximum Gasteiger partial charge on any atom is 0.231 e. The Morgan fingerprint density at radius 2 is 1.85 bits per heavy atom. The Morgan fingerprint density at radius 1 is 1.07 bits per heavy atom. The average Bonchev–Trinajstić information content (AvgIpc) is 3.37. The zero-order chi connectivity index (χ0) is 18.6. The molecule has 1 saturated heterocycles. The molecule has 0 aromatic heterocycles. The van der Waals surface area contributed by atoms with E-state index in [1.54, 1.807) is 0 Å². The van der Waals surface area contributed by atoms with E-state index in [9.17, 15) is 4.79 Å². The summed E-state index contributed by atoms with van der Waals surface area (Å²) >= 11 is 0. The van der Waals surface area contributed by atoms with Gasteiger partial charge in [0.25, 0.3) is 0 Å². The second-order valence-corrected chi connectivity index (χ2v) is 7.26. The van der Waals surface area contributed by atoms with Crippen molar-refractivity contribution < 1.29 is 14.3 Å². The second kappa shape index (κ2) is 7.91. The molecule has 5 nitrogen and oxygen atoms in total. The van der Waals surface area contributed by atoms with Crippen LogP contribution >= 0.6 is 0 Å². The van der Waals surface area contributed by atoms with Gasteiger partial charge in [0, 0.05) is 38.8 Å². The molecule has 0 spiro atoms. The molecule has 2 aromatic rings. The number of carbonyl (C=O) groups is 1. The number of aryl methyl sites for hydroxylation is 1. The van der Waals surface area contributed by atoms with Crippen LogP contribution in [0.2, 0.25) is 0 Å². The monoisotopic (exact) mass is 366 g/mol. The number of rotatable bonds is 6. The van der Waals surface area contributed by atoms with E-state index in [-0.39, 0.29) is 12.7 Å². The molecule has 142 valence electrons. The maximum atomic E-state index is 12.6. The Hall–Kier alpha value is -2.69. The molecule has 2 heterocycles. The fourth-order valence-corrected chi connectivity index (χ4v) is 3.79. The number of para-hydroxylation sites is 1. The molecule has 2 aromatic carbocycles. The van der Waals surface area contributed by atoms with Crippen molar-refractivity contribution in [2.24, 2.45) is 0 Å². The van der Waals surface area contributed by atoms with Crippen molar-refractivity contribution in [3.05, 3.63) is 53.6 Å². The number of amides is 1. The van der Waals surface area contributed by atoms with E-state index in [1.165, 1.54) is 24.1 Å². The summed E-state index contributed by atoms with van der Waals surface area (Å²) in [5.41, 5.74) is 3.59. The number of fused-ring (bicyclic) bond motifs is 1. The predicted octanol–water partition coefficient (Wildman–Crippen LogP) is 3.61. The Kier molecular flexibility index (Phi) is 5.19. The fourth-order valence-electron chi connectivity index (χ4n) is 3.79. The number of nitrogens with zero attached hydrogens (tertiary/aromatic N) is 2. The highest BCUT2D eigenvalue weighted by Gasteiger charge is 2.18. The zero-order valence-corrected chi connectivity index (χ0v) is 15.8. The third kappa shape index (κ3) is 4.02. The van der Waals surface area contributed by atoms with Crippen molar-refractivity contribution in [1.29, 1.82) is 0 Å². The largest absolute Gasteiger partial charge is 0.454 e. The van der Waals surface area contributed by atoms with Crippen molar-refractivity contribution in [1.82, 2.24) is 4.90 Å². The molecule has 5 heteroatoms. The van der Waals surface area contributed by atoms with E-state index in [1.807, 2.05) is 30.1 Å². The summed E-state index contributed by atoms with van der Waals surface area (Å²) in [6, 6.07) is 14.3. The number of hydrogen-bond donors (Lipinski definition) is 0. The average molecular weight is 366 g/mol. The van der Waals surface area contributed by atoms with Crippen molar-refractivity contribution in [3.63, 3.8) is 0 Å². The minimum absolute atomic E-state index is 0.156. The molecule has 0 N–H and O–H groups in total. The second-order valence-electron chi connectivity index (χ2n) is 7.26. The van der Waals surface area contributed by atoms with Crippen molar-refractivity contribution in [2.45, 2.75) is 32.2 Å². The molecular formula is C22H26N2O3. The first-order chi connectivity index (χ1) is 13.2. The Bertz CT molecular complexity index is 815. The van der Waals surface area contributed by atoms with E-state index in [4.69, 9.17) is 9.47 Å². The number of benzene rings is 2. The summed E-state index contributed by atoms with van der Waals surface area (Å²) in [6.07, 6.45) is 3.69. The van der Waals surface area contributed by atoms with Crippen LogP contribution in [-0.2, 0) is 17.8 Å². The zero-order valence-electron chi connectivity index (χ0n) is 15.8. The minimum atomic E-state index is 0.156. The SMILES string of the molecule is CN(Cc1ccccc1N1CCCC1)C(=O)CCc1ccc2c(c1)OCO2. The van der Waals surface area contributed by atoms with Gasteiger partial charge in [-0.1, -0.05) is 24.3 Å². The molecule has 2 aliphatic heterocycles. The molecule has 27 heavy (non-hydrogen) atoms. The van der Waals surface area contributed by atoms with Gasteiger partial charge in [0.2, 0.25) is 12.7 Å². The van der Waals surface area contributed by atoms with E-state index in [2.05, 4.69) is 29.2 Å². The highest BCUT2D eigenvalue weighted by molar-refractivity contribution is 5.76. The topological polar surface area (TPSA) is 42.0 Å². The van der Waals surface area contributed by atoms with Gasteiger partial charge in [-0.25, -0.2) is 0 Å². The van der Waals surface area contributed by atoms with Gasteiger partial charge in [-0.2, -0.15) is 0 Å². The molecule has 0 saturated carbocycles.